The van der Waals surface area contributed by atoms with Gasteiger partial charge in [0.1, 0.15) is 10.2 Å². The van der Waals surface area contributed by atoms with Gasteiger partial charge in [-0.3, -0.25) is 4.98 Å². The highest BCUT2D eigenvalue weighted by Gasteiger charge is 2.08. The van der Waals surface area contributed by atoms with E-state index >= 15 is 0 Å². The van der Waals surface area contributed by atoms with Crippen LogP contribution in [-0.2, 0) is 6.42 Å². The van der Waals surface area contributed by atoms with E-state index in [1.54, 1.807) is 17.5 Å². The molecular weight excluding hydrogens is 290 g/mol. The summed E-state index contributed by atoms with van der Waals surface area (Å²) in [6.45, 7) is 2.10. The van der Waals surface area contributed by atoms with Gasteiger partial charge in [-0.2, -0.15) is 0 Å². The fraction of sp³-hybridized carbons (Fsp3) is 0.133. The molecule has 0 fully saturated rings. The van der Waals surface area contributed by atoms with Crippen LogP contribution in [0.1, 0.15) is 12.6 Å². The van der Waals surface area contributed by atoms with E-state index in [-0.39, 0.29) is 0 Å². The second kappa shape index (κ2) is 5.69. The molecule has 3 heterocycles. The second-order valence-electron chi connectivity index (χ2n) is 4.29. The van der Waals surface area contributed by atoms with Crippen molar-refractivity contribution in [3.8, 4) is 21.8 Å². The number of rotatable bonds is 3. The molecule has 0 unspecified atom stereocenters. The van der Waals surface area contributed by atoms with Crippen LogP contribution in [0.25, 0.3) is 21.8 Å². The molecule has 0 N–H and O–H groups in total. The van der Waals surface area contributed by atoms with Crippen molar-refractivity contribution < 1.29 is 0 Å². The van der Waals surface area contributed by atoms with Gasteiger partial charge in [-0.15, -0.1) is 11.3 Å². The summed E-state index contributed by atoms with van der Waals surface area (Å²) >= 11 is 7.53. The van der Waals surface area contributed by atoms with E-state index in [2.05, 4.69) is 27.9 Å². The smallest absolute Gasteiger partial charge is 0.129 e. The lowest BCUT2D eigenvalue weighted by Crippen LogP contribution is -1.87. The van der Waals surface area contributed by atoms with Crippen molar-refractivity contribution in [2.24, 2.45) is 0 Å². The van der Waals surface area contributed by atoms with Crippen molar-refractivity contribution >= 4 is 22.9 Å². The first-order chi connectivity index (χ1) is 9.76. The first-order valence-corrected chi connectivity index (χ1v) is 7.55. The number of aromatic nitrogens is 3. The van der Waals surface area contributed by atoms with Crippen LogP contribution in [0.15, 0.2) is 42.0 Å². The van der Waals surface area contributed by atoms with Crippen LogP contribution in [0.5, 0.6) is 0 Å². The largest absolute Gasteiger partial charge is 0.261 e. The Hall–Kier alpha value is -1.78. The molecular formula is C15H12ClN3S. The van der Waals surface area contributed by atoms with E-state index in [0.29, 0.717) is 5.15 Å². The third-order valence-corrected chi connectivity index (χ3v) is 4.05. The Balaban J connectivity index is 1.97. The van der Waals surface area contributed by atoms with Crippen molar-refractivity contribution in [2.75, 3.05) is 0 Å². The maximum absolute atomic E-state index is 5.91. The van der Waals surface area contributed by atoms with Crippen molar-refractivity contribution in [2.45, 2.75) is 13.3 Å². The average Bonchev–Trinajstić information content (AvgIpc) is 2.97. The highest BCUT2D eigenvalue weighted by atomic mass is 35.5. The molecule has 0 bridgehead atoms. The van der Waals surface area contributed by atoms with Crippen molar-refractivity contribution in [3.05, 3.63) is 52.9 Å². The predicted octanol–water partition coefficient (Wildman–Crippen LogP) is 4.48. The average molecular weight is 302 g/mol. The molecule has 100 valence electrons. The number of halogens is 1. The monoisotopic (exact) mass is 301 g/mol. The predicted molar refractivity (Wildman–Crippen MR) is 83.0 cm³/mol. The van der Waals surface area contributed by atoms with E-state index in [0.717, 1.165) is 33.9 Å². The maximum atomic E-state index is 5.91. The quantitative estimate of drug-likeness (QED) is 0.669. The van der Waals surface area contributed by atoms with Gasteiger partial charge in [0, 0.05) is 34.6 Å². The van der Waals surface area contributed by atoms with Crippen LogP contribution >= 0.6 is 22.9 Å². The topological polar surface area (TPSA) is 38.7 Å². The Morgan fingerprint density at radius 2 is 1.90 bits per heavy atom. The Kier molecular flexibility index (Phi) is 3.76. The van der Waals surface area contributed by atoms with Gasteiger partial charge in [0.2, 0.25) is 0 Å². The maximum Gasteiger partial charge on any atom is 0.129 e. The Morgan fingerprint density at radius 1 is 1.10 bits per heavy atom. The third-order valence-electron chi connectivity index (χ3n) is 2.95. The molecule has 3 nitrogen and oxygen atoms in total. The van der Waals surface area contributed by atoms with Crippen LogP contribution in [0.4, 0.5) is 0 Å². The molecule has 0 aliphatic heterocycles. The van der Waals surface area contributed by atoms with Crippen molar-refractivity contribution in [3.63, 3.8) is 0 Å². The minimum Gasteiger partial charge on any atom is -0.261 e. The van der Waals surface area contributed by atoms with Crippen LogP contribution < -0.4 is 0 Å². The summed E-state index contributed by atoms with van der Waals surface area (Å²) in [6.07, 6.45) is 4.45. The van der Waals surface area contributed by atoms with E-state index in [1.807, 2.05) is 29.8 Å². The standard InChI is InChI=1S/C15H12ClN3S/c1-2-12-7-11(4-5-17-12)15-19-13(9-20-15)10-3-6-18-14(16)8-10/h3-9H,2H2,1H3. The number of hydrogen-bond donors (Lipinski definition) is 0. The van der Waals surface area contributed by atoms with E-state index in [1.165, 1.54) is 0 Å². The van der Waals surface area contributed by atoms with Gasteiger partial charge >= 0.3 is 0 Å². The normalized spacial score (nSPS) is 10.7. The molecule has 0 aliphatic carbocycles. The highest BCUT2D eigenvalue weighted by molar-refractivity contribution is 7.13. The summed E-state index contributed by atoms with van der Waals surface area (Å²) in [7, 11) is 0. The summed E-state index contributed by atoms with van der Waals surface area (Å²) in [5, 5.41) is 3.51. The Bertz CT molecular complexity index is 739. The SMILES string of the molecule is CCc1cc(-c2nc(-c3ccnc(Cl)c3)cs2)ccn1. The minimum atomic E-state index is 0.481. The van der Waals surface area contributed by atoms with Gasteiger partial charge in [-0.25, -0.2) is 9.97 Å². The minimum absolute atomic E-state index is 0.481. The third kappa shape index (κ3) is 2.71. The van der Waals surface area contributed by atoms with Crippen LogP contribution in [0, 0.1) is 0 Å². The lowest BCUT2D eigenvalue weighted by molar-refractivity contribution is 1.04. The van der Waals surface area contributed by atoms with E-state index < -0.39 is 0 Å². The molecule has 3 rings (SSSR count). The molecule has 0 spiro atoms. The van der Waals surface area contributed by atoms with Gasteiger partial charge in [0.15, 0.2) is 0 Å². The van der Waals surface area contributed by atoms with Crippen molar-refractivity contribution in [1.29, 1.82) is 0 Å². The molecule has 0 aromatic carbocycles. The molecule has 0 aliphatic rings. The molecule has 0 saturated heterocycles. The lowest BCUT2D eigenvalue weighted by atomic mass is 10.2. The molecule has 0 radical (unpaired) electrons. The lowest BCUT2D eigenvalue weighted by Gasteiger charge is -1.99. The molecule has 20 heavy (non-hydrogen) atoms. The summed E-state index contributed by atoms with van der Waals surface area (Å²) in [4.78, 5) is 13.0. The fourth-order valence-electron chi connectivity index (χ4n) is 1.91. The van der Waals surface area contributed by atoms with Crippen molar-refractivity contribution in [1.82, 2.24) is 15.0 Å². The second-order valence-corrected chi connectivity index (χ2v) is 5.54. The highest BCUT2D eigenvalue weighted by Crippen LogP contribution is 2.29. The molecule has 5 heteroatoms. The van der Waals surface area contributed by atoms with Gasteiger partial charge in [-0.1, -0.05) is 18.5 Å². The van der Waals surface area contributed by atoms with Gasteiger partial charge in [0.25, 0.3) is 0 Å². The molecule has 0 atom stereocenters. The molecule has 0 saturated carbocycles. The number of thiazole rings is 1. The first-order valence-electron chi connectivity index (χ1n) is 6.29. The van der Waals surface area contributed by atoms with Crippen LogP contribution in [-0.4, -0.2) is 15.0 Å². The Labute approximate surface area is 126 Å². The zero-order valence-electron chi connectivity index (χ0n) is 10.9. The van der Waals surface area contributed by atoms with Crippen LogP contribution in [0.3, 0.4) is 0 Å². The number of aryl methyl sites for hydroxylation is 1. The number of pyridine rings is 2. The zero-order chi connectivity index (χ0) is 13.9. The summed E-state index contributed by atoms with van der Waals surface area (Å²) < 4.78 is 0. The van der Waals surface area contributed by atoms with E-state index in [4.69, 9.17) is 11.6 Å². The zero-order valence-corrected chi connectivity index (χ0v) is 12.4. The summed E-state index contributed by atoms with van der Waals surface area (Å²) in [5.74, 6) is 0. The molecule has 0 amide bonds. The van der Waals surface area contributed by atoms with E-state index in [9.17, 15) is 0 Å². The van der Waals surface area contributed by atoms with Gasteiger partial charge in [-0.05, 0) is 30.7 Å². The summed E-state index contributed by atoms with van der Waals surface area (Å²) in [5.41, 5.74) is 4.08. The Morgan fingerprint density at radius 3 is 2.70 bits per heavy atom. The van der Waals surface area contributed by atoms with Crippen LogP contribution in [0.2, 0.25) is 5.15 Å². The summed E-state index contributed by atoms with van der Waals surface area (Å²) in [6, 6.07) is 7.81. The fourth-order valence-corrected chi connectivity index (χ4v) is 2.91. The first kappa shape index (κ1) is 13.2. The number of nitrogens with zero attached hydrogens (tertiary/aromatic N) is 3. The molecule has 3 aromatic heterocycles. The van der Waals surface area contributed by atoms with Gasteiger partial charge < -0.3 is 0 Å². The number of hydrogen-bond acceptors (Lipinski definition) is 4. The molecule has 3 aromatic rings. The van der Waals surface area contributed by atoms with Gasteiger partial charge in [0.05, 0.1) is 5.69 Å².